The lowest BCUT2D eigenvalue weighted by molar-refractivity contribution is -0.143. The molecule has 0 heterocycles. The normalized spacial score (nSPS) is 18.6. The van der Waals surface area contributed by atoms with Gasteiger partial charge in [0.1, 0.15) is 11.3 Å². The van der Waals surface area contributed by atoms with Crippen LogP contribution in [0.15, 0.2) is 24.3 Å². The molecule has 4 heteroatoms. The number of nitrogens with one attached hydrogen (secondary N) is 1. The molecule has 0 bridgehead atoms. The number of para-hydroxylation sites is 2. The summed E-state index contributed by atoms with van der Waals surface area (Å²) in [5, 5.41) is 13.0. The van der Waals surface area contributed by atoms with Gasteiger partial charge in [0, 0.05) is 0 Å². The molecular weight excluding hydrogens is 254 g/mol. The fourth-order valence-electron chi connectivity index (χ4n) is 2.91. The summed E-state index contributed by atoms with van der Waals surface area (Å²) < 4.78 is 5.31. The molecule has 0 aliphatic heterocycles. The van der Waals surface area contributed by atoms with Gasteiger partial charge < -0.3 is 15.2 Å². The van der Waals surface area contributed by atoms with E-state index in [9.17, 15) is 9.90 Å². The molecule has 1 aromatic carbocycles. The summed E-state index contributed by atoms with van der Waals surface area (Å²) in [6.45, 7) is 0. The second-order valence-corrected chi connectivity index (χ2v) is 5.48. The lowest BCUT2D eigenvalue weighted by Crippen LogP contribution is -2.46. The molecule has 1 aliphatic rings. The van der Waals surface area contributed by atoms with Crippen molar-refractivity contribution >= 4 is 11.7 Å². The zero-order chi connectivity index (χ0) is 14.4. The molecule has 1 aliphatic carbocycles. The van der Waals surface area contributed by atoms with Gasteiger partial charge in [0.05, 0.1) is 12.8 Å². The van der Waals surface area contributed by atoms with Gasteiger partial charge in [-0.05, 0) is 25.0 Å². The van der Waals surface area contributed by atoms with Crippen molar-refractivity contribution < 1.29 is 14.6 Å². The van der Waals surface area contributed by atoms with Crippen LogP contribution in [0, 0.1) is 0 Å². The summed E-state index contributed by atoms with van der Waals surface area (Å²) in [6, 6.07) is 7.50. The standard InChI is InChI=1S/C16H23NO3/c1-20-14-10-6-5-9-13(14)17-16(15(18)19)11-7-3-2-4-8-12-16/h5-6,9-10,17H,2-4,7-8,11-12H2,1H3,(H,18,19). The van der Waals surface area contributed by atoms with E-state index in [1.165, 1.54) is 6.42 Å². The Kier molecular flexibility index (Phi) is 4.88. The molecule has 110 valence electrons. The van der Waals surface area contributed by atoms with Crippen molar-refractivity contribution in [3.63, 3.8) is 0 Å². The van der Waals surface area contributed by atoms with E-state index in [1.807, 2.05) is 24.3 Å². The van der Waals surface area contributed by atoms with Crippen molar-refractivity contribution in [3.8, 4) is 5.75 Å². The van der Waals surface area contributed by atoms with Crippen LogP contribution in [0.25, 0.3) is 0 Å². The summed E-state index contributed by atoms with van der Waals surface area (Å²) in [5.74, 6) is -0.0690. The molecule has 0 amide bonds. The molecule has 1 fully saturated rings. The number of hydrogen-bond donors (Lipinski definition) is 2. The van der Waals surface area contributed by atoms with Crippen molar-refractivity contribution in [2.45, 2.75) is 50.5 Å². The molecule has 0 aromatic heterocycles. The maximum atomic E-state index is 11.8. The highest BCUT2D eigenvalue weighted by Crippen LogP contribution is 2.33. The van der Waals surface area contributed by atoms with E-state index in [2.05, 4.69) is 5.32 Å². The predicted molar refractivity (Wildman–Crippen MR) is 79.3 cm³/mol. The lowest BCUT2D eigenvalue weighted by Gasteiger charge is -2.33. The maximum absolute atomic E-state index is 11.8. The van der Waals surface area contributed by atoms with Gasteiger partial charge in [0.25, 0.3) is 0 Å². The highest BCUT2D eigenvalue weighted by atomic mass is 16.5. The number of aliphatic carboxylic acids is 1. The summed E-state index contributed by atoms with van der Waals surface area (Å²) in [6.07, 6.45) is 6.68. The number of hydrogen-bond acceptors (Lipinski definition) is 3. The maximum Gasteiger partial charge on any atom is 0.329 e. The minimum absolute atomic E-state index is 0.667. The third kappa shape index (κ3) is 3.24. The van der Waals surface area contributed by atoms with Crippen molar-refractivity contribution in [3.05, 3.63) is 24.3 Å². The first-order valence-corrected chi connectivity index (χ1v) is 7.32. The van der Waals surface area contributed by atoms with Crippen LogP contribution >= 0.6 is 0 Å². The van der Waals surface area contributed by atoms with Crippen molar-refractivity contribution in [1.29, 1.82) is 0 Å². The lowest BCUT2D eigenvalue weighted by atomic mass is 9.83. The number of carboxylic acids is 1. The quantitative estimate of drug-likeness (QED) is 0.881. The molecule has 2 N–H and O–H groups in total. The summed E-state index contributed by atoms with van der Waals surface area (Å²) in [5.41, 5.74) is -0.104. The monoisotopic (exact) mass is 277 g/mol. The van der Waals surface area contributed by atoms with Gasteiger partial charge in [-0.1, -0.05) is 44.2 Å². The minimum Gasteiger partial charge on any atom is -0.495 e. The van der Waals surface area contributed by atoms with Crippen LogP contribution in [0.1, 0.15) is 44.9 Å². The number of carboxylic acid groups (broad SMARTS) is 1. The van der Waals surface area contributed by atoms with Crippen LogP contribution in [0.3, 0.4) is 0 Å². The molecule has 0 spiro atoms. The van der Waals surface area contributed by atoms with E-state index in [4.69, 9.17) is 4.74 Å². The first kappa shape index (κ1) is 14.7. The van der Waals surface area contributed by atoms with E-state index in [0.717, 1.165) is 31.4 Å². The van der Waals surface area contributed by atoms with Gasteiger partial charge in [0.15, 0.2) is 0 Å². The Hall–Kier alpha value is -1.71. The van der Waals surface area contributed by atoms with Gasteiger partial charge >= 0.3 is 5.97 Å². The fraction of sp³-hybridized carbons (Fsp3) is 0.562. The highest BCUT2D eigenvalue weighted by Gasteiger charge is 2.38. The first-order valence-electron chi connectivity index (χ1n) is 7.32. The Morgan fingerprint density at radius 2 is 1.75 bits per heavy atom. The molecule has 0 atom stereocenters. The van der Waals surface area contributed by atoms with Gasteiger partial charge in [0.2, 0.25) is 0 Å². The molecule has 1 saturated carbocycles. The van der Waals surface area contributed by atoms with Crippen LogP contribution in [-0.2, 0) is 4.79 Å². The van der Waals surface area contributed by atoms with E-state index in [1.54, 1.807) is 7.11 Å². The van der Waals surface area contributed by atoms with E-state index < -0.39 is 11.5 Å². The Labute approximate surface area is 120 Å². The molecular formula is C16H23NO3. The second-order valence-electron chi connectivity index (χ2n) is 5.48. The topological polar surface area (TPSA) is 58.6 Å². The minimum atomic E-state index is -0.866. The molecule has 1 aromatic rings. The van der Waals surface area contributed by atoms with E-state index in [0.29, 0.717) is 18.6 Å². The van der Waals surface area contributed by atoms with E-state index in [-0.39, 0.29) is 0 Å². The molecule has 20 heavy (non-hydrogen) atoms. The first-order chi connectivity index (χ1) is 9.68. The SMILES string of the molecule is COc1ccccc1NC1(C(=O)O)CCCCCCC1. The zero-order valence-electron chi connectivity index (χ0n) is 12.0. The summed E-state index contributed by atoms with van der Waals surface area (Å²) >= 11 is 0. The van der Waals surface area contributed by atoms with Gasteiger partial charge in [-0.25, -0.2) is 4.79 Å². The molecule has 0 saturated heterocycles. The van der Waals surface area contributed by atoms with Gasteiger partial charge in [-0.2, -0.15) is 0 Å². The van der Waals surface area contributed by atoms with Crippen molar-refractivity contribution in [2.24, 2.45) is 0 Å². The highest BCUT2D eigenvalue weighted by molar-refractivity contribution is 5.83. The van der Waals surface area contributed by atoms with Crippen LogP contribution in [0.5, 0.6) is 5.75 Å². The zero-order valence-corrected chi connectivity index (χ0v) is 12.0. The number of anilines is 1. The number of carbonyl (C=O) groups is 1. The molecule has 0 radical (unpaired) electrons. The third-order valence-electron chi connectivity index (χ3n) is 4.10. The molecule has 4 nitrogen and oxygen atoms in total. The van der Waals surface area contributed by atoms with E-state index >= 15 is 0 Å². The number of methoxy groups -OCH3 is 1. The van der Waals surface area contributed by atoms with Crippen molar-refractivity contribution in [1.82, 2.24) is 0 Å². The Balaban J connectivity index is 2.25. The number of ether oxygens (including phenoxy) is 1. The predicted octanol–water partition coefficient (Wildman–Crippen LogP) is 3.67. The summed E-state index contributed by atoms with van der Waals surface area (Å²) in [4.78, 5) is 11.8. The second kappa shape index (κ2) is 6.64. The average Bonchev–Trinajstić information content (AvgIpc) is 2.42. The van der Waals surface area contributed by atoms with Crippen LogP contribution < -0.4 is 10.1 Å². The Morgan fingerprint density at radius 1 is 1.15 bits per heavy atom. The Bertz CT molecular complexity index is 451. The smallest absolute Gasteiger partial charge is 0.329 e. The van der Waals surface area contributed by atoms with Gasteiger partial charge in [-0.15, -0.1) is 0 Å². The van der Waals surface area contributed by atoms with Crippen LogP contribution in [0.2, 0.25) is 0 Å². The summed E-state index contributed by atoms with van der Waals surface area (Å²) in [7, 11) is 1.60. The fourth-order valence-corrected chi connectivity index (χ4v) is 2.91. The number of rotatable bonds is 4. The van der Waals surface area contributed by atoms with Crippen molar-refractivity contribution in [2.75, 3.05) is 12.4 Å². The molecule has 0 unspecified atom stereocenters. The third-order valence-corrected chi connectivity index (χ3v) is 4.10. The largest absolute Gasteiger partial charge is 0.495 e. The number of benzene rings is 1. The van der Waals surface area contributed by atoms with Gasteiger partial charge in [-0.3, -0.25) is 0 Å². The molecule has 2 rings (SSSR count). The van der Waals surface area contributed by atoms with Crippen LogP contribution in [-0.4, -0.2) is 23.7 Å². The van der Waals surface area contributed by atoms with Crippen LogP contribution in [0.4, 0.5) is 5.69 Å². The average molecular weight is 277 g/mol. The Morgan fingerprint density at radius 3 is 2.35 bits per heavy atom.